The summed E-state index contributed by atoms with van der Waals surface area (Å²) in [5, 5.41) is 5.04. The Morgan fingerprint density at radius 1 is 1.12 bits per heavy atom. The van der Waals surface area contributed by atoms with E-state index in [2.05, 4.69) is 17.4 Å². The molecule has 0 spiro atoms. The summed E-state index contributed by atoms with van der Waals surface area (Å²) in [6.07, 6.45) is 2.18. The van der Waals surface area contributed by atoms with Crippen molar-refractivity contribution in [2.24, 2.45) is 5.73 Å². The van der Waals surface area contributed by atoms with Crippen molar-refractivity contribution in [2.75, 3.05) is 5.32 Å². The largest absolute Gasteiger partial charge is 0.351 e. The Kier molecular flexibility index (Phi) is 1.86. The minimum absolute atomic E-state index is 0.515. The number of nitrogens with one attached hydrogen (secondary N) is 1. The van der Waals surface area contributed by atoms with Crippen LogP contribution in [0.25, 0.3) is 10.8 Å². The molecule has 3 rings (SSSR count). The Morgan fingerprint density at radius 3 is 2.62 bits per heavy atom. The van der Waals surface area contributed by atoms with Gasteiger partial charge in [-0.3, -0.25) is 0 Å². The van der Waals surface area contributed by atoms with Gasteiger partial charge in [0.2, 0.25) is 0 Å². The molecule has 2 aromatic rings. The van der Waals surface area contributed by atoms with E-state index in [0.717, 1.165) is 23.9 Å². The van der Waals surface area contributed by atoms with Gasteiger partial charge in [0.25, 0.3) is 0 Å². The number of benzene rings is 2. The summed E-state index contributed by atoms with van der Waals surface area (Å²) in [6, 6.07) is 9.69. The van der Waals surface area contributed by atoms with Gasteiger partial charge in [0.15, 0.2) is 0 Å². The lowest BCUT2D eigenvalue weighted by Gasteiger charge is -2.08. The summed E-state index contributed by atoms with van der Waals surface area (Å²) in [6.45, 7) is 0. The average molecular weight is 212 g/mol. The van der Waals surface area contributed by atoms with Crippen molar-refractivity contribution in [3.05, 3.63) is 41.5 Å². The number of hydrogen-bond acceptors (Lipinski definition) is 1. The van der Waals surface area contributed by atoms with Crippen molar-refractivity contribution in [1.82, 2.24) is 0 Å². The molecule has 80 valence electrons. The van der Waals surface area contributed by atoms with Crippen LogP contribution in [0.3, 0.4) is 0 Å². The molecule has 1 aliphatic rings. The molecule has 0 saturated heterocycles. The molecular formula is C13H12N2O. The fourth-order valence-electron chi connectivity index (χ4n) is 2.49. The average Bonchev–Trinajstić information content (AvgIpc) is 2.67. The number of anilines is 1. The second-order valence-electron chi connectivity index (χ2n) is 4.10. The molecule has 0 heterocycles. The van der Waals surface area contributed by atoms with E-state index < -0.39 is 6.03 Å². The third-order valence-corrected chi connectivity index (χ3v) is 3.13. The molecule has 16 heavy (non-hydrogen) atoms. The van der Waals surface area contributed by atoms with Crippen LogP contribution in [0, 0.1) is 0 Å². The first-order chi connectivity index (χ1) is 7.75. The molecule has 3 heteroatoms. The maximum atomic E-state index is 10.9. The molecule has 2 aromatic carbocycles. The van der Waals surface area contributed by atoms with Crippen LogP contribution in [-0.4, -0.2) is 6.03 Å². The van der Waals surface area contributed by atoms with Gasteiger partial charge in [0.05, 0.1) is 5.69 Å². The van der Waals surface area contributed by atoms with E-state index in [1.807, 2.05) is 18.2 Å². The zero-order valence-electron chi connectivity index (χ0n) is 8.79. The molecule has 0 aliphatic heterocycles. The molecule has 0 radical (unpaired) electrons. The van der Waals surface area contributed by atoms with Crippen molar-refractivity contribution in [3.63, 3.8) is 0 Å². The predicted molar refractivity (Wildman–Crippen MR) is 64.6 cm³/mol. The molecule has 3 nitrogen and oxygen atoms in total. The highest BCUT2D eigenvalue weighted by Gasteiger charge is 2.15. The van der Waals surface area contributed by atoms with Crippen LogP contribution in [0.2, 0.25) is 0 Å². The zero-order chi connectivity index (χ0) is 11.1. The second-order valence-corrected chi connectivity index (χ2v) is 4.10. The van der Waals surface area contributed by atoms with Crippen molar-refractivity contribution in [1.29, 1.82) is 0 Å². The summed E-state index contributed by atoms with van der Waals surface area (Å²) >= 11 is 0. The SMILES string of the molecule is NC(=O)Nc1ccc2c3c(cccc13)CC2. The summed E-state index contributed by atoms with van der Waals surface area (Å²) in [5.41, 5.74) is 8.68. The lowest BCUT2D eigenvalue weighted by molar-refractivity contribution is 0.259. The highest BCUT2D eigenvalue weighted by atomic mass is 16.2. The molecular weight excluding hydrogens is 200 g/mol. The molecule has 0 unspecified atom stereocenters. The van der Waals surface area contributed by atoms with Gasteiger partial charge in [-0.1, -0.05) is 24.3 Å². The zero-order valence-corrected chi connectivity index (χ0v) is 8.79. The van der Waals surface area contributed by atoms with E-state index in [4.69, 9.17) is 5.73 Å². The topological polar surface area (TPSA) is 55.1 Å². The van der Waals surface area contributed by atoms with Crippen LogP contribution in [0.15, 0.2) is 30.3 Å². The summed E-state index contributed by atoms with van der Waals surface area (Å²) in [4.78, 5) is 10.9. The number of urea groups is 1. The van der Waals surface area contributed by atoms with Gasteiger partial charge in [-0.15, -0.1) is 0 Å². The van der Waals surface area contributed by atoms with Gasteiger partial charge in [-0.2, -0.15) is 0 Å². The summed E-state index contributed by atoms with van der Waals surface area (Å²) < 4.78 is 0. The number of amides is 2. The normalized spacial score (nSPS) is 13.0. The fourth-order valence-corrected chi connectivity index (χ4v) is 2.49. The summed E-state index contributed by atoms with van der Waals surface area (Å²) in [5.74, 6) is 0. The first-order valence-electron chi connectivity index (χ1n) is 5.35. The number of rotatable bonds is 1. The minimum atomic E-state index is -0.515. The lowest BCUT2D eigenvalue weighted by atomic mass is 10.0. The number of nitrogens with two attached hydrogens (primary N) is 1. The van der Waals surface area contributed by atoms with Gasteiger partial charge >= 0.3 is 6.03 Å². The number of carbonyl (C=O) groups excluding carboxylic acids is 1. The third-order valence-electron chi connectivity index (χ3n) is 3.13. The van der Waals surface area contributed by atoms with Crippen LogP contribution in [-0.2, 0) is 12.8 Å². The predicted octanol–water partition coefficient (Wildman–Crippen LogP) is 2.43. The molecule has 3 N–H and O–H groups in total. The molecule has 0 saturated carbocycles. The fraction of sp³-hybridized carbons (Fsp3) is 0.154. The van der Waals surface area contributed by atoms with Crippen LogP contribution >= 0.6 is 0 Å². The van der Waals surface area contributed by atoms with Gasteiger partial charge in [0.1, 0.15) is 0 Å². The van der Waals surface area contributed by atoms with E-state index in [9.17, 15) is 4.79 Å². The molecule has 0 fully saturated rings. The van der Waals surface area contributed by atoms with Crippen LogP contribution in [0.1, 0.15) is 11.1 Å². The first kappa shape index (κ1) is 9.21. The Bertz CT molecular complexity index is 579. The number of carbonyl (C=O) groups is 1. The molecule has 2 amide bonds. The Hall–Kier alpha value is -2.03. The molecule has 0 aromatic heterocycles. The molecule has 0 bridgehead atoms. The monoisotopic (exact) mass is 212 g/mol. The molecule has 0 atom stereocenters. The van der Waals surface area contributed by atoms with E-state index >= 15 is 0 Å². The van der Waals surface area contributed by atoms with Gasteiger partial charge in [-0.05, 0) is 35.4 Å². The highest BCUT2D eigenvalue weighted by Crippen LogP contribution is 2.34. The van der Waals surface area contributed by atoms with Crippen molar-refractivity contribution in [2.45, 2.75) is 12.8 Å². The second kappa shape index (κ2) is 3.23. The Labute approximate surface area is 93.3 Å². The summed E-state index contributed by atoms with van der Waals surface area (Å²) in [7, 11) is 0. The number of hydrogen-bond donors (Lipinski definition) is 2. The minimum Gasteiger partial charge on any atom is -0.351 e. The number of aryl methyl sites for hydroxylation is 2. The Balaban J connectivity index is 2.29. The maximum absolute atomic E-state index is 10.9. The quantitative estimate of drug-likeness (QED) is 0.749. The van der Waals surface area contributed by atoms with E-state index in [1.54, 1.807) is 0 Å². The maximum Gasteiger partial charge on any atom is 0.316 e. The number of primary amides is 1. The van der Waals surface area contributed by atoms with Crippen LogP contribution < -0.4 is 11.1 Å². The third kappa shape index (κ3) is 1.25. The van der Waals surface area contributed by atoms with E-state index in [0.29, 0.717) is 0 Å². The smallest absolute Gasteiger partial charge is 0.316 e. The van der Waals surface area contributed by atoms with Crippen molar-refractivity contribution < 1.29 is 4.79 Å². The van der Waals surface area contributed by atoms with Gasteiger partial charge in [0, 0.05) is 5.39 Å². The van der Waals surface area contributed by atoms with Gasteiger partial charge < -0.3 is 11.1 Å². The molecule has 1 aliphatic carbocycles. The Morgan fingerprint density at radius 2 is 1.88 bits per heavy atom. The van der Waals surface area contributed by atoms with E-state index in [1.165, 1.54) is 16.5 Å². The van der Waals surface area contributed by atoms with Crippen molar-refractivity contribution in [3.8, 4) is 0 Å². The highest BCUT2D eigenvalue weighted by molar-refractivity contribution is 6.04. The van der Waals surface area contributed by atoms with Crippen LogP contribution in [0.5, 0.6) is 0 Å². The first-order valence-corrected chi connectivity index (χ1v) is 5.35. The van der Waals surface area contributed by atoms with Gasteiger partial charge in [-0.25, -0.2) is 4.79 Å². The van der Waals surface area contributed by atoms with Crippen LogP contribution in [0.4, 0.5) is 10.5 Å². The van der Waals surface area contributed by atoms with E-state index in [-0.39, 0.29) is 0 Å². The van der Waals surface area contributed by atoms with Crippen molar-refractivity contribution >= 4 is 22.5 Å². The lowest BCUT2D eigenvalue weighted by Crippen LogP contribution is -2.19. The standard InChI is InChI=1S/C13H12N2O/c14-13(16)15-11-7-6-9-5-4-8-2-1-3-10(11)12(8)9/h1-3,6-7H,4-5H2,(H3,14,15,16).